The SMILES string of the molecule is C/C=C(C)/N=C(\C=N/C)OC1CCC1C. The van der Waals surface area contributed by atoms with Gasteiger partial charge in [-0.3, -0.25) is 4.99 Å². The van der Waals surface area contributed by atoms with Crippen LogP contribution in [0.1, 0.15) is 33.6 Å². The van der Waals surface area contributed by atoms with Gasteiger partial charge in [0.25, 0.3) is 0 Å². The number of aliphatic imine (C=N–C) groups is 2. The molecule has 0 saturated heterocycles. The predicted octanol–water partition coefficient (Wildman–Crippen LogP) is 2.82. The molecule has 0 aromatic heterocycles. The summed E-state index contributed by atoms with van der Waals surface area (Å²) < 4.78 is 5.77. The Hall–Kier alpha value is -1.12. The molecule has 1 rings (SSSR count). The van der Waals surface area contributed by atoms with E-state index in [0.717, 1.165) is 12.1 Å². The number of allylic oxidation sites excluding steroid dienone is 2. The molecule has 3 heteroatoms. The molecule has 1 fully saturated rings. The summed E-state index contributed by atoms with van der Waals surface area (Å²) in [6.07, 6.45) is 6.34. The van der Waals surface area contributed by atoms with Crippen molar-refractivity contribution in [2.24, 2.45) is 15.9 Å². The fourth-order valence-electron chi connectivity index (χ4n) is 1.40. The topological polar surface area (TPSA) is 34.0 Å². The highest BCUT2D eigenvalue weighted by molar-refractivity contribution is 6.26. The summed E-state index contributed by atoms with van der Waals surface area (Å²) in [5.41, 5.74) is 0.955. The lowest BCUT2D eigenvalue weighted by atomic mass is 9.83. The Balaban J connectivity index is 2.62. The fourth-order valence-corrected chi connectivity index (χ4v) is 1.40. The monoisotopic (exact) mass is 208 g/mol. The molecule has 0 bridgehead atoms. The number of nitrogens with zero attached hydrogens (tertiary/aromatic N) is 2. The molecule has 2 atom stereocenters. The minimum Gasteiger partial charge on any atom is -0.473 e. The van der Waals surface area contributed by atoms with Crippen molar-refractivity contribution >= 4 is 12.1 Å². The highest BCUT2D eigenvalue weighted by Gasteiger charge is 2.29. The van der Waals surface area contributed by atoms with Crippen molar-refractivity contribution in [2.45, 2.75) is 39.7 Å². The summed E-state index contributed by atoms with van der Waals surface area (Å²) in [5.74, 6) is 1.27. The fraction of sp³-hybridized carbons (Fsp3) is 0.667. The molecule has 0 radical (unpaired) electrons. The summed E-state index contributed by atoms with van der Waals surface area (Å²) in [5, 5.41) is 0. The molecule has 0 spiro atoms. The lowest BCUT2D eigenvalue weighted by Crippen LogP contribution is -2.34. The van der Waals surface area contributed by atoms with Crippen LogP contribution in [0.25, 0.3) is 0 Å². The summed E-state index contributed by atoms with van der Waals surface area (Å²) >= 11 is 0. The first kappa shape index (κ1) is 12.0. The molecule has 2 unspecified atom stereocenters. The second-order valence-electron chi connectivity index (χ2n) is 3.98. The van der Waals surface area contributed by atoms with E-state index in [1.807, 2.05) is 19.9 Å². The van der Waals surface area contributed by atoms with E-state index in [4.69, 9.17) is 4.74 Å². The van der Waals surface area contributed by atoms with Crippen molar-refractivity contribution < 1.29 is 4.74 Å². The predicted molar refractivity (Wildman–Crippen MR) is 64.6 cm³/mol. The van der Waals surface area contributed by atoms with Gasteiger partial charge < -0.3 is 4.74 Å². The third kappa shape index (κ3) is 3.50. The maximum Gasteiger partial charge on any atom is 0.232 e. The van der Waals surface area contributed by atoms with E-state index in [2.05, 4.69) is 16.9 Å². The van der Waals surface area contributed by atoms with Crippen molar-refractivity contribution in [2.75, 3.05) is 7.05 Å². The van der Waals surface area contributed by atoms with Gasteiger partial charge in [-0.1, -0.05) is 13.0 Å². The molecule has 15 heavy (non-hydrogen) atoms. The molecule has 0 amide bonds. The number of ether oxygens (including phenoxy) is 1. The first-order valence-corrected chi connectivity index (χ1v) is 5.47. The normalized spacial score (nSPS) is 28.0. The van der Waals surface area contributed by atoms with Crippen LogP contribution in [0.4, 0.5) is 0 Å². The van der Waals surface area contributed by atoms with Crippen LogP contribution in [0.5, 0.6) is 0 Å². The van der Waals surface area contributed by atoms with Crippen LogP contribution < -0.4 is 0 Å². The van der Waals surface area contributed by atoms with Crippen LogP contribution in [0.3, 0.4) is 0 Å². The smallest absolute Gasteiger partial charge is 0.232 e. The first-order chi connectivity index (χ1) is 7.17. The number of hydrogen-bond donors (Lipinski definition) is 0. The van der Waals surface area contributed by atoms with E-state index in [1.165, 1.54) is 6.42 Å². The van der Waals surface area contributed by atoms with Gasteiger partial charge in [0, 0.05) is 12.7 Å². The molecular weight excluding hydrogens is 188 g/mol. The molecule has 1 aliphatic rings. The maximum atomic E-state index is 5.77. The Kier molecular flexibility index (Phi) is 4.53. The van der Waals surface area contributed by atoms with Gasteiger partial charge in [0.05, 0.1) is 6.21 Å². The van der Waals surface area contributed by atoms with Crippen LogP contribution in [0.15, 0.2) is 21.8 Å². The average molecular weight is 208 g/mol. The van der Waals surface area contributed by atoms with E-state index >= 15 is 0 Å². The van der Waals surface area contributed by atoms with Gasteiger partial charge in [0.1, 0.15) is 6.10 Å². The van der Waals surface area contributed by atoms with Crippen molar-refractivity contribution in [3.63, 3.8) is 0 Å². The molecule has 1 aliphatic carbocycles. The standard InChI is InChI=1S/C12H20N2O/c1-5-10(3)14-12(8-13-4)15-11-7-6-9(11)2/h5,8-9,11H,6-7H2,1-4H3/b10-5+,13-8-,14-12+. The molecule has 0 N–H and O–H groups in total. The van der Waals surface area contributed by atoms with Crippen molar-refractivity contribution in [1.82, 2.24) is 0 Å². The zero-order chi connectivity index (χ0) is 11.3. The average Bonchev–Trinajstić information content (AvgIpc) is 2.23. The molecule has 84 valence electrons. The van der Waals surface area contributed by atoms with Gasteiger partial charge in [-0.2, -0.15) is 0 Å². The van der Waals surface area contributed by atoms with E-state index in [0.29, 0.717) is 17.9 Å². The minimum atomic E-state index is 0.325. The zero-order valence-electron chi connectivity index (χ0n) is 10.0. The summed E-state index contributed by atoms with van der Waals surface area (Å²) in [6.45, 7) is 6.12. The quantitative estimate of drug-likeness (QED) is 0.518. The molecule has 0 aromatic carbocycles. The number of rotatable bonds is 3. The van der Waals surface area contributed by atoms with E-state index < -0.39 is 0 Å². The van der Waals surface area contributed by atoms with Crippen LogP contribution >= 0.6 is 0 Å². The summed E-state index contributed by atoms with van der Waals surface area (Å²) in [4.78, 5) is 8.30. The molecule has 0 aliphatic heterocycles. The minimum absolute atomic E-state index is 0.325. The second kappa shape index (κ2) is 5.69. The highest BCUT2D eigenvalue weighted by atomic mass is 16.5. The largest absolute Gasteiger partial charge is 0.473 e. The van der Waals surface area contributed by atoms with Gasteiger partial charge in [-0.05, 0) is 32.6 Å². The zero-order valence-corrected chi connectivity index (χ0v) is 10.0. The molecule has 0 aromatic rings. The molecule has 3 nitrogen and oxygen atoms in total. The first-order valence-electron chi connectivity index (χ1n) is 5.47. The second-order valence-corrected chi connectivity index (χ2v) is 3.98. The highest BCUT2D eigenvalue weighted by Crippen LogP contribution is 2.29. The van der Waals surface area contributed by atoms with Crippen LogP contribution in [-0.2, 0) is 4.74 Å². The third-order valence-electron chi connectivity index (χ3n) is 2.76. The molecule has 1 saturated carbocycles. The Labute approximate surface area is 92.0 Å². The lowest BCUT2D eigenvalue weighted by Gasteiger charge is -2.33. The van der Waals surface area contributed by atoms with Gasteiger partial charge in [0.15, 0.2) is 0 Å². The van der Waals surface area contributed by atoms with E-state index in [9.17, 15) is 0 Å². The van der Waals surface area contributed by atoms with Crippen molar-refractivity contribution in [3.05, 3.63) is 11.8 Å². The van der Waals surface area contributed by atoms with Gasteiger partial charge >= 0.3 is 0 Å². The molecular formula is C12H20N2O. The van der Waals surface area contributed by atoms with E-state index in [1.54, 1.807) is 13.3 Å². The van der Waals surface area contributed by atoms with Crippen molar-refractivity contribution in [3.8, 4) is 0 Å². The Bertz CT molecular complexity index is 292. The van der Waals surface area contributed by atoms with Crippen molar-refractivity contribution in [1.29, 1.82) is 0 Å². The Morgan fingerprint density at radius 1 is 1.40 bits per heavy atom. The third-order valence-corrected chi connectivity index (χ3v) is 2.76. The van der Waals surface area contributed by atoms with E-state index in [-0.39, 0.29) is 0 Å². The van der Waals surface area contributed by atoms with Gasteiger partial charge in [0.2, 0.25) is 5.90 Å². The summed E-state index contributed by atoms with van der Waals surface area (Å²) in [7, 11) is 1.73. The summed E-state index contributed by atoms with van der Waals surface area (Å²) in [6, 6.07) is 0. The Morgan fingerprint density at radius 2 is 2.13 bits per heavy atom. The maximum absolute atomic E-state index is 5.77. The lowest BCUT2D eigenvalue weighted by molar-refractivity contribution is 0.0497. The van der Waals surface area contributed by atoms with Crippen LogP contribution in [0.2, 0.25) is 0 Å². The van der Waals surface area contributed by atoms with Gasteiger partial charge in [-0.25, -0.2) is 4.99 Å². The van der Waals surface area contributed by atoms with Gasteiger partial charge in [-0.15, -0.1) is 0 Å². The van der Waals surface area contributed by atoms with Crippen LogP contribution in [0, 0.1) is 5.92 Å². The molecule has 0 heterocycles. The number of hydrogen-bond acceptors (Lipinski definition) is 3. The van der Waals surface area contributed by atoms with Crippen LogP contribution in [-0.4, -0.2) is 25.3 Å². The Morgan fingerprint density at radius 3 is 2.53 bits per heavy atom.